The van der Waals surface area contributed by atoms with Crippen molar-refractivity contribution in [2.24, 2.45) is 13.0 Å². The maximum absolute atomic E-state index is 6.00. The van der Waals surface area contributed by atoms with Crippen molar-refractivity contribution in [1.82, 2.24) is 19.4 Å². The van der Waals surface area contributed by atoms with Gasteiger partial charge in [-0.3, -0.25) is 4.90 Å². The Bertz CT molecular complexity index is 380. The first-order valence-corrected chi connectivity index (χ1v) is 7.05. The number of aromatic nitrogens is 2. The van der Waals surface area contributed by atoms with E-state index in [9.17, 15) is 0 Å². The Labute approximate surface area is 115 Å². The summed E-state index contributed by atoms with van der Waals surface area (Å²) >= 11 is 6.00. The molecule has 0 radical (unpaired) electrons. The highest BCUT2D eigenvalue weighted by Crippen LogP contribution is 2.13. The molecule has 0 atom stereocenters. The lowest BCUT2D eigenvalue weighted by molar-refractivity contribution is 0.115. The Hall–Kier alpha value is -0.580. The Morgan fingerprint density at radius 1 is 1.22 bits per heavy atom. The zero-order valence-electron chi connectivity index (χ0n) is 11.6. The van der Waals surface area contributed by atoms with E-state index in [0.29, 0.717) is 5.15 Å². The van der Waals surface area contributed by atoms with Crippen LogP contribution in [0.1, 0.15) is 19.7 Å². The standard InChI is InChI=1S/C13H23ClN4/c1-11(2)9-17-4-6-18(7-5-17)10-13-15-8-12(14)16(13)3/h8,11H,4-7,9-10H2,1-3H3. The molecule has 1 aromatic rings. The summed E-state index contributed by atoms with van der Waals surface area (Å²) in [5.74, 6) is 1.81. The van der Waals surface area contributed by atoms with Gasteiger partial charge in [-0.15, -0.1) is 0 Å². The van der Waals surface area contributed by atoms with Gasteiger partial charge in [-0.1, -0.05) is 25.4 Å². The normalized spacial score (nSPS) is 18.7. The molecule has 0 amide bonds. The molecule has 0 bridgehead atoms. The molecular weight excluding hydrogens is 248 g/mol. The number of rotatable bonds is 4. The van der Waals surface area contributed by atoms with Gasteiger partial charge >= 0.3 is 0 Å². The SMILES string of the molecule is CC(C)CN1CCN(Cc2ncc(Cl)n2C)CC1. The molecule has 102 valence electrons. The molecule has 5 heteroatoms. The minimum absolute atomic E-state index is 0.712. The maximum atomic E-state index is 6.00. The van der Waals surface area contributed by atoms with Crippen LogP contribution < -0.4 is 0 Å². The van der Waals surface area contributed by atoms with Crippen LogP contribution in [-0.4, -0.2) is 52.1 Å². The van der Waals surface area contributed by atoms with E-state index in [1.54, 1.807) is 6.20 Å². The van der Waals surface area contributed by atoms with Crippen LogP contribution in [-0.2, 0) is 13.6 Å². The van der Waals surface area contributed by atoms with E-state index < -0.39 is 0 Å². The van der Waals surface area contributed by atoms with Gasteiger partial charge in [0.2, 0.25) is 0 Å². The molecule has 1 saturated heterocycles. The molecule has 1 aliphatic heterocycles. The number of halogens is 1. The van der Waals surface area contributed by atoms with Crippen molar-refractivity contribution >= 4 is 11.6 Å². The average molecular weight is 271 g/mol. The Morgan fingerprint density at radius 3 is 2.33 bits per heavy atom. The fourth-order valence-corrected chi connectivity index (χ4v) is 2.56. The summed E-state index contributed by atoms with van der Waals surface area (Å²) in [6, 6.07) is 0. The fraction of sp³-hybridized carbons (Fsp3) is 0.769. The Morgan fingerprint density at radius 2 is 1.83 bits per heavy atom. The fourth-order valence-electron chi connectivity index (χ4n) is 2.42. The van der Waals surface area contributed by atoms with E-state index in [-0.39, 0.29) is 0 Å². The van der Waals surface area contributed by atoms with Crippen molar-refractivity contribution in [3.8, 4) is 0 Å². The maximum Gasteiger partial charge on any atom is 0.128 e. The number of imidazole rings is 1. The lowest BCUT2D eigenvalue weighted by Gasteiger charge is -2.35. The van der Waals surface area contributed by atoms with Crippen molar-refractivity contribution in [1.29, 1.82) is 0 Å². The Balaban J connectivity index is 1.82. The van der Waals surface area contributed by atoms with Crippen LogP contribution in [0, 0.1) is 5.92 Å². The van der Waals surface area contributed by atoms with Gasteiger partial charge in [-0.2, -0.15) is 0 Å². The Kier molecular flexibility index (Phi) is 4.65. The molecule has 1 fully saturated rings. The second-order valence-corrected chi connectivity index (χ2v) is 5.91. The second kappa shape index (κ2) is 6.04. The topological polar surface area (TPSA) is 24.3 Å². The molecule has 0 N–H and O–H groups in total. The van der Waals surface area contributed by atoms with Gasteiger partial charge in [0, 0.05) is 39.8 Å². The third kappa shape index (κ3) is 3.46. The van der Waals surface area contributed by atoms with E-state index >= 15 is 0 Å². The third-order valence-corrected chi connectivity index (χ3v) is 3.83. The number of hydrogen-bond donors (Lipinski definition) is 0. The summed E-state index contributed by atoms with van der Waals surface area (Å²) in [4.78, 5) is 9.35. The van der Waals surface area contributed by atoms with Crippen LogP contribution in [0.3, 0.4) is 0 Å². The smallest absolute Gasteiger partial charge is 0.128 e. The number of nitrogens with zero attached hydrogens (tertiary/aromatic N) is 4. The predicted octanol–water partition coefficient (Wildman–Crippen LogP) is 1.85. The van der Waals surface area contributed by atoms with Crippen molar-refractivity contribution in [2.45, 2.75) is 20.4 Å². The first-order chi connectivity index (χ1) is 8.56. The highest BCUT2D eigenvalue weighted by molar-refractivity contribution is 6.29. The third-order valence-electron chi connectivity index (χ3n) is 3.48. The summed E-state index contributed by atoms with van der Waals surface area (Å²) in [6.07, 6.45) is 1.73. The molecule has 1 aromatic heterocycles. The van der Waals surface area contributed by atoms with Gasteiger partial charge < -0.3 is 9.47 Å². The average Bonchev–Trinajstić information content (AvgIpc) is 2.63. The molecule has 0 aromatic carbocycles. The van der Waals surface area contributed by atoms with E-state index in [4.69, 9.17) is 11.6 Å². The molecule has 1 aliphatic rings. The van der Waals surface area contributed by atoms with Crippen molar-refractivity contribution < 1.29 is 0 Å². The largest absolute Gasteiger partial charge is 0.321 e. The van der Waals surface area contributed by atoms with Crippen molar-refractivity contribution in [3.63, 3.8) is 0 Å². The molecule has 0 unspecified atom stereocenters. The van der Waals surface area contributed by atoms with Gasteiger partial charge in [0.1, 0.15) is 11.0 Å². The van der Waals surface area contributed by atoms with Gasteiger partial charge in [0.15, 0.2) is 0 Å². The minimum Gasteiger partial charge on any atom is -0.321 e. The van der Waals surface area contributed by atoms with E-state index in [1.165, 1.54) is 6.54 Å². The lowest BCUT2D eigenvalue weighted by Crippen LogP contribution is -2.47. The van der Waals surface area contributed by atoms with Crippen LogP contribution in [0.25, 0.3) is 0 Å². The second-order valence-electron chi connectivity index (χ2n) is 5.53. The number of hydrogen-bond acceptors (Lipinski definition) is 3. The zero-order chi connectivity index (χ0) is 13.1. The molecule has 18 heavy (non-hydrogen) atoms. The molecule has 4 nitrogen and oxygen atoms in total. The number of piperazine rings is 1. The summed E-state index contributed by atoms with van der Waals surface area (Å²) in [7, 11) is 1.97. The van der Waals surface area contributed by atoms with Gasteiger partial charge in [-0.25, -0.2) is 4.98 Å². The molecule has 0 spiro atoms. The zero-order valence-corrected chi connectivity index (χ0v) is 12.3. The van der Waals surface area contributed by atoms with E-state index in [0.717, 1.165) is 44.5 Å². The van der Waals surface area contributed by atoms with E-state index in [1.807, 2.05) is 11.6 Å². The van der Waals surface area contributed by atoms with Crippen LogP contribution in [0.2, 0.25) is 5.15 Å². The summed E-state index contributed by atoms with van der Waals surface area (Å²) in [5.41, 5.74) is 0. The monoisotopic (exact) mass is 270 g/mol. The molecule has 0 aliphatic carbocycles. The van der Waals surface area contributed by atoms with Crippen molar-refractivity contribution in [3.05, 3.63) is 17.2 Å². The van der Waals surface area contributed by atoms with Gasteiger partial charge in [-0.05, 0) is 5.92 Å². The first kappa shape index (κ1) is 13.8. The summed E-state index contributed by atoms with van der Waals surface area (Å²) < 4.78 is 1.96. The van der Waals surface area contributed by atoms with Gasteiger partial charge in [0.05, 0.1) is 12.7 Å². The molecule has 0 saturated carbocycles. The molecule has 2 heterocycles. The van der Waals surface area contributed by atoms with E-state index in [2.05, 4.69) is 28.6 Å². The first-order valence-electron chi connectivity index (χ1n) is 6.67. The van der Waals surface area contributed by atoms with Crippen LogP contribution >= 0.6 is 11.6 Å². The van der Waals surface area contributed by atoms with Crippen molar-refractivity contribution in [2.75, 3.05) is 32.7 Å². The summed E-state index contributed by atoms with van der Waals surface area (Å²) in [6.45, 7) is 11.2. The van der Waals surface area contributed by atoms with Crippen LogP contribution in [0.5, 0.6) is 0 Å². The lowest BCUT2D eigenvalue weighted by atomic mass is 10.2. The van der Waals surface area contributed by atoms with Crippen LogP contribution in [0.15, 0.2) is 6.20 Å². The molecule has 2 rings (SSSR count). The summed E-state index contributed by atoms with van der Waals surface area (Å²) in [5, 5.41) is 0.712. The minimum atomic E-state index is 0.712. The van der Waals surface area contributed by atoms with Gasteiger partial charge in [0.25, 0.3) is 0 Å². The predicted molar refractivity (Wildman–Crippen MR) is 74.8 cm³/mol. The quantitative estimate of drug-likeness (QED) is 0.835. The highest BCUT2D eigenvalue weighted by atomic mass is 35.5. The van der Waals surface area contributed by atoms with Crippen LogP contribution in [0.4, 0.5) is 0 Å². The molecular formula is C13H23ClN4. The highest BCUT2D eigenvalue weighted by Gasteiger charge is 2.18.